The Hall–Kier alpha value is -2.33. The van der Waals surface area contributed by atoms with Crippen molar-refractivity contribution in [2.24, 2.45) is 11.8 Å². The van der Waals surface area contributed by atoms with Crippen molar-refractivity contribution >= 4 is 34.8 Å². The number of nitrogens with zero attached hydrogens (tertiary/aromatic N) is 1. The number of carbonyl (C=O) groups excluding carboxylic acids is 2. The summed E-state index contributed by atoms with van der Waals surface area (Å²) >= 11 is 5.85. The van der Waals surface area contributed by atoms with Gasteiger partial charge in [0.1, 0.15) is 0 Å². The van der Waals surface area contributed by atoms with Crippen molar-refractivity contribution in [3.8, 4) is 0 Å². The van der Waals surface area contributed by atoms with Gasteiger partial charge in [0.2, 0.25) is 11.8 Å². The minimum absolute atomic E-state index is 0.0179. The molecule has 0 saturated heterocycles. The molecule has 1 saturated carbocycles. The average molecular weight is 357 g/mol. The van der Waals surface area contributed by atoms with Crippen LogP contribution >= 0.6 is 11.6 Å². The Balaban J connectivity index is 1.64. The largest absolute Gasteiger partial charge is 0.326 e. The Kier molecular flexibility index (Phi) is 5.09. The van der Waals surface area contributed by atoms with Crippen LogP contribution in [0.25, 0.3) is 0 Å². The Morgan fingerprint density at radius 1 is 1.16 bits per heavy atom. The summed E-state index contributed by atoms with van der Waals surface area (Å²) in [6.07, 6.45) is 0.598. The molecule has 2 aromatic rings. The topological polar surface area (TPSA) is 49.4 Å². The predicted octanol–water partition coefficient (Wildman–Crippen LogP) is 4.28. The first-order valence-electron chi connectivity index (χ1n) is 8.44. The summed E-state index contributed by atoms with van der Waals surface area (Å²) in [6.45, 7) is 4.54. The SMILES string of the molecule is CCN(C(=O)C1CC1C(=O)Nc1ccc(Cl)cc1)c1cccc(C)c1. The van der Waals surface area contributed by atoms with Crippen molar-refractivity contribution < 1.29 is 9.59 Å². The predicted molar refractivity (Wildman–Crippen MR) is 101 cm³/mol. The lowest BCUT2D eigenvalue weighted by Crippen LogP contribution is -2.33. The average Bonchev–Trinajstić information content (AvgIpc) is 3.38. The van der Waals surface area contributed by atoms with E-state index in [0.717, 1.165) is 11.3 Å². The van der Waals surface area contributed by atoms with Crippen molar-refractivity contribution in [1.29, 1.82) is 0 Å². The quantitative estimate of drug-likeness (QED) is 0.869. The molecule has 0 spiro atoms. The van der Waals surface area contributed by atoms with Crippen molar-refractivity contribution in [1.82, 2.24) is 0 Å². The van der Waals surface area contributed by atoms with Crippen LogP contribution in [0.5, 0.6) is 0 Å². The van der Waals surface area contributed by atoms with Crippen LogP contribution in [0, 0.1) is 18.8 Å². The zero-order valence-electron chi connectivity index (χ0n) is 14.3. The van der Waals surface area contributed by atoms with Gasteiger partial charge >= 0.3 is 0 Å². The van der Waals surface area contributed by atoms with Crippen molar-refractivity contribution in [3.63, 3.8) is 0 Å². The molecule has 25 heavy (non-hydrogen) atoms. The third-order valence-corrected chi connectivity index (χ3v) is 4.70. The van der Waals surface area contributed by atoms with Gasteiger partial charge in [-0.15, -0.1) is 0 Å². The molecule has 2 unspecified atom stereocenters. The number of anilines is 2. The molecule has 0 radical (unpaired) electrons. The molecule has 0 aliphatic heterocycles. The van der Waals surface area contributed by atoms with E-state index in [9.17, 15) is 9.59 Å². The second-order valence-corrected chi connectivity index (χ2v) is 6.80. The van der Waals surface area contributed by atoms with Gasteiger partial charge in [-0.05, 0) is 62.2 Å². The molecule has 3 rings (SSSR count). The van der Waals surface area contributed by atoms with Crippen LogP contribution in [0.15, 0.2) is 48.5 Å². The van der Waals surface area contributed by atoms with Gasteiger partial charge in [-0.2, -0.15) is 0 Å². The number of amides is 2. The summed E-state index contributed by atoms with van der Waals surface area (Å²) in [5, 5.41) is 3.47. The molecular weight excluding hydrogens is 336 g/mol. The molecule has 2 atom stereocenters. The molecule has 1 aliphatic carbocycles. The summed E-state index contributed by atoms with van der Waals surface area (Å²) in [5.41, 5.74) is 2.69. The van der Waals surface area contributed by atoms with Crippen LogP contribution in [-0.4, -0.2) is 18.4 Å². The van der Waals surface area contributed by atoms with E-state index in [1.165, 1.54) is 0 Å². The summed E-state index contributed by atoms with van der Waals surface area (Å²) < 4.78 is 0. The number of hydrogen-bond donors (Lipinski definition) is 1. The number of hydrogen-bond acceptors (Lipinski definition) is 2. The van der Waals surface area contributed by atoms with Gasteiger partial charge in [-0.25, -0.2) is 0 Å². The summed E-state index contributed by atoms with van der Waals surface area (Å²) in [4.78, 5) is 26.9. The van der Waals surface area contributed by atoms with E-state index in [-0.39, 0.29) is 23.7 Å². The highest BCUT2D eigenvalue weighted by Crippen LogP contribution is 2.41. The lowest BCUT2D eigenvalue weighted by molar-refractivity contribution is -0.123. The minimum atomic E-state index is -0.262. The van der Waals surface area contributed by atoms with Crippen molar-refractivity contribution in [2.75, 3.05) is 16.8 Å². The van der Waals surface area contributed by atoms with Gasteiger partial charge in [-0.1, -0.05) is 23.7 Å². The van der Waals surface area contributed by atoms with Gasteiger partial charge in [0, 0.05) is 22.9 Å². The Morgan fingerprint density at radius 3 is 2.52 bits per heavy atom. The highest BCUT2D eigenvalue weighted by Gasteiger charge is 2.49. The van der Waals surface area contributed by atoms with Gasteiger partial charge in [0.15, 0.2) is 0 Å². The van der Waals surface area contributed by atoms with Crippen LogP contribution in [0.1, 0.15) is 18.9 Å². The van der Waals surface area contributed by atoms with Gasteiger partial charge in [0.25, 0.3) is 0 Å². The van der Waals surface area contributed by atoms with E-state index in [2.05, 4.69) is 5.32 Å². The van der Waals surface area contributed by atoms with E-state index in [1.54, 1.807) is 29.2 Å². The molecular formula is C20H21ClN2O2. The van der Waals surface area contributed by atoms with Crippen molar-refractivity contribution in [3.05, 3.63) is 59.1 Å². The summed E-state index contributed by atoms with van der Waals surface area (Å²) in [7, 11) is 0. The third-order valence-electron chi connectivity index (χ3n) is 4.45. The Labute approximate surface area is 152 Å². The number of benzene rings is 2. The molecule has 1 aliphatic rings. The Morgan fingerprint density at radius 2 is 1.88 bits per heavy atom. The lowest BCUT2D eigenvalue weighted by atomic mass is 10.2. The van der Waals surface area contributed by atoms with Crippen molar-refractivity contribution in [2.45, 2.75) is 20.3 Å². The number of nitrogens with one attached hydrogen (secondary N) is 1. The second-order valence-electron chi connectivity index (χ2n) is 6.37. The van der Waals surface area contributed by atoms with Crippen LogP contribution in [0.2, 0.25) is 5.02 Å². The highest BCUT2D eigenvalue weighted by atomic mass is 35.5. The fraction of sp³-hybridized carbons (Fsp3) is 0.300. The zero-order chi connectivity index (χ0) is 18.0. The third kappa shape index (κ3) is 4.02. The fourth-order valence-corrected chi connectivity index (χ4v) is 3.11. The smallest absolute Gasteiger partial charge is 0.230 e. The van der Waals surface area contributed by atoms with E-state index < -0.39 is 0 Å². The monoisotopic (exact) mass is 356 g/mol. The van der Waals surface area contributed by atoms with E-state index in [1.807, 2.05) is 38.1 Å². The first-order valence-corrected chi connectivity index (χ1v) is 8.82. The van der Waals surface area contributed by atoms with Crippen LogP contribution in [0.3, 0.4) is 0 Å². The minimum Gasteiger partial charge on any atom is -0.326 e. The molecule has 2 aromatic carbocycles. The molecule has 1 fully saturated rings. The van der Waals surface area contributed by atoms with Gasteiger partial charge in [0.05, 0.1) is 11.8 Å². The van der Waals surface area contributed by atoms with Crippen LogP contribution < -0.4 is 10.2 Å². The normalized spacial score (nSPS) is 18.5. The first kappa shape index (κ1) is 17.5. The molecule has 2 amide bonds. The van der Waals surface area contributed by atoms with Crippen LogP contribution in [-0.2, 0) is 9.59 Å². The fourth-order valence-electron chi connectivity index (χ4n) is 2.99. The first-order chi connectivity index (χ1) is 12.0. The molecule has 0 heterocycles. The van der Waals surface area contributed by atoms with E-state index in [4.69, 9.17) is 11.6 Å². The molecule has 130 valence electrons. The molecule has 4 nitrogen and oxygen atoms in total. The van der Waals surface area contributed by atoms with Crippen LogP contribution in [0.4, 0.5) is 11.4 Å². The maximum absolute atomic E-state index is 12.8. The number of rotatable bonds is 5. The second kappa shape index (κ2) is 7.28. The lowest BCUT2D eigenvalue weighted by Gasteiger charge is -2.21. The standard InChI is InChI=1S/C20H21ClN2O2/c1-3-23(16-6-4-5-13(2)11-16)20(25)18-12-17(18)19(24)22-15-9-7-14(21)8-10-15/h4-11,17-18H,3,12H2,1-2H3,(H,22,24). The van der Waals surface area contributed by atoms with Gasteiger partial charge < -0.3 is 10.2 Å². The number of aryl methyl sites for hydroxylation is 1. The molecule has 0 bridgehead atoms. The highest BCUT2D eigenvalue weighted by molar-refractivity contribution is 6.30. The zero-order valence-corrected chi connectivity index (χ0v) is 15.1. The summed E-state index contributed by atoms with van der Waals surface area (Å²) in [6, 6.07) is 14.8. The maximum Gasteiger partial charge on any atom is 0.230 e. The molecule has 1 N–H and O–H groups in total. The Bertz CT molecular complexity index is 789. The van der Waals surface area contributed by atoms with E-state index >= 15 is 0 Å². The van der Waals surface area contributed by atoms with Gasteiger partial charge in [-0.3, -0.25) is 9.59 Å². The molecule has 0 aromatic heterocycles. The number of carbonyl (C=O) groups is 2. The number of halogens is 1. The maximum atomic E-state index is 12.8. The summed E-state index contributed by atoms with van der Waals surface area (Å²) in [5.74, 6) is -0.597. The van der Waals surface area contributed by atoms with E-state index in [0.29, 0.717) is 23.7 Å². The molecule has 5 heteroatoms.